The first-order valence-electron chi connectivity index (χ1n) is 23.2. The maximum atomic E-state index is 12.7. The van der Waals surface area contributed by atoms with Crippen LogP contribution < -0.4 is 0 Å². The summed E-state index contributed by atoms with van der Waals surface area (Å²) >= 11 is 0. The second kappa shape index (κ2) is 40.1. The minimum atomic E-state index is -0.759. The van der Waals surface area contributed by atoms with Gasteiger partial charge < -0.3 is 14.2 Å². The Bertz CT molecular complexity index is 809. The smallest absolute Gasteiger partial charge is 0.306 e. The lowest BCUT2D eigenvalue weighted by Crippen LogP contribution is -2.30. The van der Waals surface area contributed by atoms with Gasteiger partial charge in [-0.15, -0.1) is 0 Å². The van der Waals surface area contributed by atoms with Crippen molar-refractivity contribution in [3.05, 3.63) is 0 Å². The summed E-state index contributed by atoms with van der Waals surface area (Å²) in [5.41, 5.74) is 0. The molecule has 0 aliphatic carbocycles. The highest BCUT2D eigenvalue weighted by Gasteiger charge is 2.19. The lowest BCUT2D eigenvalue weighted by atomic mass is 10.0. The molecule has 0 rings (SSSR count). The third-order valence-electron chi connectivity index (χ3n) is 10.5. The molecule has 314 valence electrons. The molecule has 53 heavy (non-hydrogen) atoms. The number of hydrogen-bond donors (Lipinski definition) is 0. The van der Waals surface area contributed by atoms with Gasteiger partial charge in [-0.3, -0.25) is 14.4 Å². The van der Waals surface area contributed by atoms with Crippen LogP contribution in [-0.2, 0) is 28.6 Å². The number of rotatable bonds is 41. The molecule has 0 heterocycles. The normalized spacial score (nSPS) is 12.1. The van der Waals surface area contributed by atoms with Gasteiger partial charge in [0.05, 0.1) is 0 Å². The van der Waals surface area contributed by atoms with E-state index < -0.39 is 6.10 Å². The predicted molar refractivity (Wildman–Crippen MR) is 224 cm³/mol. The van der Waals surface area contributed by atoms with E-state index in [2.05, 4.69) is 34.6 Å². The highest BCUT2D eigenvalue weighted by atomic mass is 16.6. The number of unbranched alkanes of at least 4 members (excludes halogenated alkanes) is 26. The van der Waals surface area contributed by atoms with E-state index >= 15 is 0 Å². The van der Waals surface area contributed by atoms with E-state index in [1.165, 1.54) is 141 Å². The number of esters is 3. The Morgan fingerprint density at radius 3 is 0.925 bits per heavy atom. The third kappa shape index (κ3) is 41.4. The average molecular weight is 751 g/mol. The fraction of sp³-hybridized carbons (Fsp3) is 0.936. The first-order valence-corrected chi connectivity index (χ1v) is 23.2. The first-order chi connectivity index (χ1) is 25.7. The van der Waals surface area contributed by atoms with Gasteiger partial charge in [0, 0.05) is 19.3 Å². The standard InChI is InChI=1S/C47H90O6/c1-6-7-8-9-20-27-32-37-45(48)51-40-44(41-52-46(49)38-33-28-24-19-22-26-31-36-43(4)5)53-47(50)39-34-29-23-18-16-14-12-10-11-13-15-17-21-25-30-35-42(2)3/h42-44H,6-41H2,1-5H3/t44-/m0/s1. The fourth-order valence-corrected chi connectivity index (χ4v) is 6.93. The molecule has 0 aliphatic rings. The van der Waals surface area contributed by atoms with Crippen LogP contribution in [0, 0.1) is 11.8 Å². The second-order valence-electron chi connectivity index (χ2n) is 17.0. The summed E-state index contributed by atoms with van der Waals surface area (Å²) in [6.45, 7) is 11.3. The Labute approximate surface area is 329 Å². The van der Waals surface area contributed by atoms with E-state index in [1.54, 1.807) is 0 Å². The Morgan fingerprint density at radius 2 is 0.623 bits per heavy atom. The highest BCUT2D eigenvalue weighted by Crippen LogP contribution is 2.17. The molecule has 0 saturated heterocycles. The van der Waals surface area contributed by atoms with Crippen molar-refractivity contribution in [2.24, 2.45) is 11.8 Å². The van der Waals surface area contributed by atoms with Gasteiger partial charge >= 0.3 is 17.9 Å². The molecule has 0 fully saturated rings. The number of carbonyl (C=O) groups excluding carboxylic acids is 3. The van der Waals surface area contributed by atoms with E-state index in [1.807, 2.05) is 0 Å². The van der Waals surface area contributed by atoms with Gasteiger partial charge in [0.2, 0.25) is 0 Å². The van der Waals surface area contributed by atoms with Crippen LogP contribution in [0.1, 0.15) is 253 Å². The molecule has 0 radical (unpaired) electrons. The van der Waals surface area contributed by atoms with Gasteiger partial charge in [0.1, 0.15) is 13.2 Å². The zero-order valence-corrected chi connectivity index (χ0v) is 36.1. The molecule has 6 nitrogen and oxygen atoms in total. The first kappa shape index (κ1) is 51.4. The van der Waals surface area contributed by atoms with Crippen molar-refractivity contribution in [3.63, 3.8) is 0 Å². The van der Waals surface area contributed by atoms with Gasteiger partial charge in [-0.05, 0) is 31.1 Å². The third-order valence-corrected chi connectivity index (χ3v) is 10.5. The molecule has 0 bridgehead atoms. The van der Waals surface area contributed by atoms with Crippen LogP contribution in [0.4, 0.5) is 0 Å². The molecule has 0 aliphatic heterocycles. The Balaban J connectivity index is 4.21. The van der Waals surface area contributed by atoms with Crippen LogP contribution in [-0.4, -0.2) is 37.2 Å². The van der Waals surface area contributed by atoms with Gasteiger partial charge in [-0.1, -0.05) is 214 Å². The lowest BCUT2D eigenvalue weighted by molar-refractivity contribution is -0.167. The van der Waals surface area contributed by atoms with Gasteiger partial charge in [0.15, 0.2) is 6.10 Å². The van der Waals surface area contributed by atoms with Crippen molar-refractivity contribution in [2.75, 3.05) is 13.2 Å². The Hall–Kier alpha value is -1.59. The Morgan fingerprint density at radius 1 is 0.358 bits per heavy atom. The minimum absolute atomic E-state index is 0.0659. The van der Waals surface area contributed by atoms with Crippen LogP contribution in [0.25, 0.3) is 0 Å². The molecule has 0 amide bonds. The molecule has 0 unspecified atom stereocenters. The molecule has 6 heteroatoms. The van der Waals surface area contributed by atoms with E-state index in [-0.39, 0.29) is 31.1 Å². The lowest BCUT2D eigenvalue weighted by Gasteiger charge is -2.18. The molecule has 0 spiro atoms. The second-order valence-corrected chi connectivity index (χ2v) is 17.0. The van der Waals surface area contributed by atoms with Crippen LogP contribution in [0.3, 0.4) is 0 Å². The van der Waals surface area contributed by atoms with Gasteiger partial charge in [-0.2, -0.15) is 0 Å². The number of carbonyl (C=O) groups is 3. The maximum absolute atomic E-state index is 12.7. The van der Waals surface area contributed by atoms with Crippen LogP contribution in [0.5, 0.6) is 0 Å². The van der Waals surface area contributed by atoms with E-state index in [9.17, 15) is 14.4 Å². The zero-order valence-electron chi connectivity index (χ0n) is 36.1. The zero-order chi connectivity index (χ0) is 39.0. The van der Waals surface area contributed by atoms with E-state index in [0.29, 0.717) is 19.3 Å². The van der Waals surface area contributed by atoms with Crippen LogP contribution >= 0.6 is 0 Å². The summed E-state index contributed by atoms with van der Waals surface area (Å²) < 4.78 is 16.7. The summed E-state index contributed by atoms with van der Waals surface area (Å²) in [6, 6.07) is 0. The largest absolute Gasteiger partial charge is 0.462 e. The summed E-state index contributed by atoms with van der Waals surface area (Å²) in [6.07, 6.45) is 38.2. The quantitative estimate of drug-likeness (QED) is 0.0352. The average Bonchev–Trinajstić information content (AvgIpc) is 3.12. The summed E-state index contributed by atoms with van der Waals surface area (Å²) in [4.78, 5) is 37.6. The summed E-state index contributed by atoms with van der Waals surface area (Å²) in [7, 11) is 0. The predicted octanol–water partition coefficient (Wildman–Crippen LogP) is 14.6. The van der Waals surface area contributed by atoms with Crippen LogP contribution in [0.15, 0.2) is 0 Å². The molecular formula is C47H90O6. The summed E-state index contributed by atoms with van der Waals surface area (Å²) in [5.74, 6) is 0.765. The van der Waals surface area contributed by atoms with Crippen molar-refractivity contribution in [3.8, 4) is 0 Å². The van der Waals surface area contributed by atoms with Crippen molar-refractivity contribution in [2.45, 2.75) is 259 Å². The Kier molecular flexibility index (Phi) is 38.9. The van der Waals surface area contributed by atoms with Crippen molar-refractivity contribution in [1.29, 1.82) is 0 Å². The van der Waals surface area contributed by atoms with Crippen molar-refractivity contribution < 1.29 is 28.6 Å². The fourth-order valence-electron chi connectivity index (χ4n) is 6.93. The van der Waals surface area contributed by atoms with Crippen LogP contribution in [0.2, 0.25) is 0 Å². The molecule has 0 N–H and O–H groups in total. The molecule has 0 aromatic heterocycles. The molecule has 0 aromatic rings. The molecule has 0 aromatic carbocycles. The van der Waals surface area contributed by atoms with Crippen molar-refractivity contribution >= 4 is 17.9 Å². The van der Waals surface area contributed by atoms with Gasteiger partial charge in [0.25, 0.3) is 0 Å². The molecule has 0 saturated carbocycles. The molecule has 1 atom stereocenters. The maximum Gasteiger partial charge on any atom is 0.306 e. The number of ether oxygens (including phenoxy) is 3. The monoisotopic (exact) mass is 751 g/mol. The topological polar surface area (TPSA) is 78.9 Å². The van der Waals surface area contributed by atoms with Crippen molar-refractivity contribution in [1.82, 2.24) is 0 Å². The van der Waals surface area contributed by atoms with E-state index in [4.69, 9.17) is 14.2 Å². The van der Waals surface area contributed by atoms with Gasteiger partial charge in [-0.25, -0.2) is 0 Å². The SMILES string of the molecule is CCCCCCCCCC(=O)OC[C@@H](COC(=O)CCCCCCCCCC(C)C)OC(=O)CCCCCCCCCCCCCCCCCC(C)C. The van der Waals surface area contributed by atoms with E-state index in [0.717, 1.165) is 69.6 Å². The highest BCUT2D eigenvalue weighted by molar-refractivity contribution is 5.71. The summed E-state index contributed by atoms with van der Waals surface area (Å²) in [5, 5.41) is 0. The minimum Gasteiger partial charge on any atom is -0.462 e. The number of hydrogen-bond acceptors (Lipinski definition) is 6. The molecular weight excluding hydrogens is 661 g/mol.